The van der Waals surface area contributed by atoms with Gasteiger partial charge in [0.2, 0.25) is 5.24 Å². The van der Waals surface area contributed by atoms with E-state index in [4.69, 9.17) is 17.3 Å². The Morgan fingerprint density at radius 2 is 2.00 bits per heavy atom. The number of nitrogens with two attached hydrogens (primary N) is 1. The van der Waals surface area contributed by atoms with E-state index in [-0.39, 0.29) is 5.24 Å². The van der Waals surface area contributed by atoms with Crippen LogP contribution in [0.25, 0.3) is 0 Å². The fourth-order valence-electron chi connectivity index (χ4n) is 1.87. The number of carbonyl (C=O) groups is 1. The quantitative estimate of drug-likeness (QED) is 0.691. The Kier molecular flexibility index (Phi) is 4.02. The van der Waals surface area contributed by atoms with Gasteiger partial charge in [0.05, 0.1) is 6.04 Å². The lowest BCUT2D eigenvalue weighted by Gasteiger charge is -2.22. The van der Waals surface area contributed by atoms with Gasteiger partial charge >= 0.3 is 0 Å². The van der Waals surface area contributed by atoms with Gasteiger partial charge in [0, 0.05) is 0 Å². The molecule has 70 valence electrons. The van der Waals surface area contributed by atoms with E-state index in [0.29, 0.717) is 5.92 Å². The first-order valence-corrected chi connectivity index (χ1v) is 5.03. The van der Waals surface area contributed by atoms with E-state index in [1.54, 1.807) is 0 Å². The largest absolute Gasteiger partial charge is 0.320 e. The van der Waals surface area contributed by atoms with Crippen LogP contribution in [0, 0.1) is 5.92 Å². The minimum absolute atomic E-state index is 0.388. The highest BCUT2D eigenvalue weighted by Crippen LogP contribution is 2.27. The Balaban J connectivity index is 2.24. The van der Waals surface area contributed by atoms with Gasteiger partial charge < -0.3 is 5.73 Å². The summed E-state index contributed by atoms with van der Waals surface area (Å²) in [6, 6.07) is -0.435. The van der Waals surface area contributed by atoms with E-state index in [1.165, 1.54) is 32.1 Å². The van der Waals surface area contributed by atoms with Crippen LogP contribution in [-0.2, 0) is 4.79 Å². The number of rotatable bonds is 3. The van der Waals surface area contributed by atoms with Gasteiger partial charge in [-0.05, 0) is 23.9 Å². The fraction of sp³-hybridized carbons (Fsp3) is 0.889. The van der Waals surface area contributed by atoms with E-state index in [9.17, 15) is 4.79 Å². The second kappa shape index (κ2) is 4.83. The molecule has 2 nitrogen and oxygen atoms in total. The van der Waals surface area contributed by atoms with Crippen LogP contribution >= 0.6 is 11.6 Å². The maximum absolute atomic E-state index is 10.7. The number of hydrogen-bond acceptors (Lipinski definition) is 2. The summed E-state index contributed by atoms with van der Waals surface area (Å²) in [4.78, 5) is 10.7. The van der Waals surface area contributed by atoms with Gasteiger partial charge in [-0.15, -0.1) is 0 Å². The third kappa shape index (κ3) is 3.11. The molecule has 0 aromatic rings. The van der Waals surface area contributed by atoms with Crippen molar-refractivity contribution in [2.75, 3.05) is 0 Å². The topological polar surface area (TPSA) is 43.1 Å². The maximum Gasteiger partial charge on any atom is 0.238 e. The Morgan fingerprint density at radius 1 is 1.42 bits per heavy atom. The number of halogens is 1. The molecule has 0 aromatic heterocycles. The van der Waals surface area contributed by atoms with Crippen molar-refractivity contribution < 1.29 is 4.79 Å². The molecule has 0 saturated heterocycles. The molecular formula is C9H16ClNO. The summed E-state index contributed by atoms with van der Waals surface area (Å²) in [5.41, 5.74) is 5.57. The molecule has 0 aromatic carbocycles. The highest BCUT2D eigenvalue weighted by Gasteiger charge is 2.19. The first-order chi connectivity index (χ1) is 5.70. The molecular weight excluding hydrogens is 174 g/mol. The summed E-state index contributed by atoms with van der Waals surface area (Å²) < 4.78 is 0. The van der Waals surface area contributed by atoms with Crippen molar-refractivity contribution >= 4 is 16.8 Å². The molecule has 0 unspecified atom stereocenters. The predicted molar refractivity (Wildman–Crippen MR) is 50.0 cm³/mol. The summed E-state index contributed by atoms with van der Waals surface area (Å²) in [6.07, 6.45) is 7.13. The summed E-state index contributed by atoms with van der Waals surface area (Å²) in [6.45, 7) is 0. The molecule has 12 heavy (non-hydrogen) atoms. The first kappa shape index (κ1) is 10.0. The third-order valence-electron chi connectivity index (χ3n) is 2.60. The van der Waals surface area contributed by atoms with Gasteiger partial charge in [-0.25, -0.2) is 0 Å². The molecule has 0 bridgehead atoms. The lowest BCUT2D eigenvalue weighted by atomic mass is 9.85. The van der Waals surface area contributed by atoms with E-state index in [0.717, 1.165) is 6.42 Å². The monoisotopic (exact) mass is 189 g/mol. The van der Waals surface area contributed by atoms with Crippen molar-refractivity contribution in [3.8, 4) is 0 Å². The SMILES string of the molecule is N[C@H](CC1CCCCC1)C(=O)Cl. The van der Waals surface area contributed by atoms with Gasteiger partial charge in [0.15, 0.2) is 0 Å². The Labute approximate surface area is 78.5 Å². The normalized spacial score (nSPS) is 22.2. The summed E-state index contributed by atoms with van der Waals surface area (Å²) >= 11 is 5.28. The van der Waals surface area contributed by atoms with Crippen molar-refractivity contribution in [2.24, 2.45) is 11.7 Å². The maximum atomic E-state index is 10.7. The van der Waals surface area contributed by atoms with Crippen LogP contribution in [0.15, 0.2) is 0 Å². The molecule has 1 atom stereocenters. The molecule has 2 N–H and O–H groups in total. The van der Waals surface area contributed by atoms with Gasteiger partial charge in [-0.2, -0.15) is 0 Å². The molecule has 3 heteroatoms. The molecule has 1 saturated carbocycles. The Morgan fingerprint density at radius 3 is 2.50 bits per heavy atom. The molecule has 1 rings (SSSR count). The molecule has 0 aliphatic heterocycles. The van der Waals surface area contributed by atoms with Crippen LogP contribution in [0.2, 0.25) is 0 Å². The van der Waals surface area contributed by atoms with Crippen molar-refractivity contribution in [1.29, 1.82) is 0 Å². The van der Waals surface area contributed by atoms with Gasteiger partial charge in [0.1, 0.15) is 0 Å². The van der Waals surface area contributed by atoms with Crippen LogP contribution in [0.1, 0.15) is 38.5 Å². The predicted octanol–water partition coefficient (Wildman–Crippen LogP) is 2.05. The summed E-state index contributed by atoms with van der Waals surface area (Å²) in [7, 11) is 0. The van der Waals surface area contributed by atoms with Crippen LogP contribution in [0.3, 0.4) is 0 Å². The van der Waals surface area contributed by atoms with Crippen molar-refractivity contribution in [1.82, 2.24) is 0 Å². The second-order valence-corrected chi connectivity index (χ2v) is 4.02. The number of hydrogen-bond donors (Lipinski definition) is 1. The molecule has 0 radical (unpaired) electrons. The van der Waals surface area contributed by atoms with E-state index >= 15 is 0 Å². The summed E-state index contributed by atoms with van der Waals surface area (Å²) in [5, 5.41) is -0.388. The molecule has 1 aliphatic carbocycles. The van der Waals surface area contributed by atoms with Crippen LogP contribution in [0.5, 0.6) is 0 Å². The zero-order valence-electron chi connectivity index (χ0n) is 7.26. The summed E-state index contributed by atoms with van der Waals surface area (Å²) in [5.74, 6) is 0.636. The van der Waals surface area contributed by atoms with Gasteiger partial charge in [-0.1, -0.05) is 32.1 Å². The Bertz CT molecular complexity index is 155. The molecule has 1 fully saturated rings. The molecule has 1 aliphatic rings. The van der Waals surface area contributed by atoms with Crippen LogP contribution in [-0.4, -0.2) is 11.3 Å². The van der Waals surface area contributed by atoms with Crippen LogP contribution in [0.4, 0.5) is 0 Å². The zero-order valence-corrected chi connectivity index (χ0v) is 8.02. The first-order valence-electron chi connectivity index (χ1n) is 4.65. The van der Waals surface area contributed by atoms with E-state index < -0.39 is 6.04 Å². The minimum atomic E-state index is -0.435. The fourth-order valence-corrected chi connectivity index (χ4v) is 1.96. The zero-order chi connectivity index (χ0) is 8.97. The lowest BCUT2D eigenvalue weighted by molar-refractivity contribution is -0.113. The average Bonchev–Trinajstić information content (AvgIpc) is 2.06. The second-order valence-electron chi connectivity index (χ2n) is 3.65. The van der Waals surface area contributed by atoms with E-state index in [2.05, 4.69) is 0 Å². The third-order valence-corrected chi connectivity index (χ3v) is 2.88. The standard InChI is InChI=1S/C9H16ClNO/c10-9(12)8(11)6-7-4-2-1-3-5-7/h7-8H,1-6,11H2/t8-/m1/s1. The van der Waals surface area contributed by atoms with Crippen molar-refractivity contribution in [3.63, 3.8) is 0 Å². The van der Waals surface area contributed by atoms with Crippen molar-refractivity contribution in [2.45, 2.75) is 44.6 Å². The number of carbonyl (C=O) groups excluding carboxylic acids is 1. The van der Waals surface area contributed by atoms with Crippen LogP contribution < -0.4 is 5.73 Å². The van der Waals surface area contributed by atoms with Gasteiger partial charge in [0.25, 0.3) is 0 Å². The minimum Gasteiger partial charge on any atom is -0.320 e. The molecule has 0 heterocycles. The smallest absolute Gasteiger partial charge is 0.238 e. The Hall–Kier alpha value is -0.0800. The molecule has 0 amide bonds. The highest BCUT2D eigenvalue weighted by molar-refractivity contribution is 6.64. The van der Waals surface area contributed by atoms with Crippen molar-refractivity contribution in [3.05, 3.63) is 0 Å². The highest BCUT2D eigenvalue weighted by atomic mass is 35.5. The molecule has 0 spiro atoms. The van der Waals surface area contributed by atoms with E-state index in [1.807, 2.05) is 0 Å². The van der Waals surface area contributed by atoms with Gasteiger partial charge in [-0.3, -0.25) is 4.79 Å². The average molecular weight is 190 g/mol. The lowest BCUT2D eigenvalue weighted by Crippen LogP contribution is -2.30.